The minimum Gasteiger partial charge on any atom is -0.338 e. The molecule has 0 bridgehead atoms. The topological polar surface area (TPSA) is 38.8 Å². The lowest BCUT2D eigenvalue weighted by Crippen LogP contribution is -2.47. The summed E-state index contributed by atoms with van der Waals surface area (Å²) in [7, 11) is 0. The van der Waals surface area contributed by atoms with Crippen LogP contribution in [-0.2, 0) is 26.5 Å². The largest absolute Gasteiger partial charge is 0.338 e. The van der Waals surface area contributed by atoms with Gasteiger partial charge in [-0.1, -0.05) is 19.4 Å². The van der Waals surface area contributed by atoms with Gasteiger partial charge in [0.25, 0.3) is 11.7 Å². The molecule has 21 heavy (non-hydrogen) atoms. The molecule has 2 aliphatic rings. The number of fused-ring (bicyclic) bond motifs is 2. The summed E-state index contributed by atoms with van der Waals surface area (Å²) in [5.74, 6) is -1.27. The Labute approximate surface area is 126 Å². The fourth-order valence-corrected chi connectivity index (χ4v) is 3.15. The molecular weight excluding hydrogens is 266 g/mol. The molecule has 4 heteroatoms. The monoisotopic (exact) mass is 289 g/mol. The fourth-order valence-electron chi connectivity index (χ4n) is 3.15. The number of anilines is 1. The van der Waals surface area contributed by atoms with Crippen LogP contribution in [0.5, 0.6) is 0 Å². The molecule has 2 aliphatic heterocycles. The second kappa shape index (κ2) is 5.78. The average molecular weight is 289 g/mol. The quantitative estimate of drug-likeness (QED) is 0.855. The van der Waals surface area contributed by atoms with Crippen molar-refractivity contribution in [2.24, 2.45) is 0 Å². The predicted octanol–water partition coefficient (Wildman–Crippen LogP) is 2.99. The Hall–Kier alpha value is -1.39. The molecule has 1 fully saturated rings. The van der Waals surface area contributed by atoms with E-state index in [0.29, 0.717) is 19.8 Å². The summed E-state index contributed by atoms with van der Waals surface area (Å²) in [6.07, 6.45) is 4.18. The number of benzene rings is 1. The summed E-state index contributed by atoms with van der Waals surface area (Å²) in [5.41, 5.74) is 3.07. The Morgan fingerprint density at radius 3 is 2.67 bits per heavy atom. The highest BCUT2D eigenvalue weighted by Gasteiger charge is 2.54. The lowest BCUT2D eigenvalue weighted by atomic mass is 10.00. The van der Waals surface area contributed by atoms with E-state index in [1.54, 1.807) is 4.90 Å². The second-order valence-corrected chi connectivity index (χ2v) is 5.67. The van der Waals surface area contributed by atoms with Crippen LogP contribution in [-0.4, -0.2) is 25.7 Å². The number of carbonyl (C=O) groups is 1. The van der Waals surface area contributed by atoms with E-state index in [1.165, 1.54) is 5.56 Å². The van der Waals surface area contributed by atoms with Gasteiger partial charge in [0.15, 0.2) is 0 Å². The van der Waals surface area contributed by atoms with E-state index in [2.05, 4.69) is 19.1 Å². The van der Waals surface area contributed by atoms with Gasteiger partial charge in [-0.05, 0) is 43.9 Å². The number of hydrogen-bond acceptors (Lipinski definition) is 3. The van der Waals surface area contributed by atoms with E-state index in [4.69, 9.17) is 9.47 Å². The molecule has 0 aliphatic carbocycles. The summed E-state index contributed by atoms with van der Waals surface area (Å²) in [5, 5.41) is 0. The first kappa shape index (κ1) is 14.5. The first-order valence-corrected chi connectivity index (χ1v) is 7.96. The average Bonchev–Trinajstić information content (AvgIpc) is 2.75. The van der Waals surface area contributed by atoms with Gasteiger partial charge in [0.2, 0.25) is 0 Å². The molecule has 1 saturated heterocycles. The molecule has 0 atom stereocenters. The first-order valence-electron chi connectivity index (χ1n) is 7.96. The van der Waals surface area contributed by atoms with Crippen LogP contribution in [0.15, 0.2) is 18.2 Å². The Bertz CT molecular complexity index is 535. The predicted molar refractivity (Wildman–Crippen MR) is 81.3 cm³/mol. The maximum Gasteiger partial charge on any atom is 0.292 e. The van der Waals surface area contributed by atoms with Crippen LogP contribution in [0.25, 0.3) is 0 Å². The van der Waals surface area contributed by atoms with Gasteiger partial charge >= 0.3 is 0 Å². The van der Waals surface area contributed by atoms with Crippen molar-refractivity contribution >= 4 is 11.6 Å². The Morgan fingerprint density at radius 2 is 2.00 bits per heavy atom. The highest BCUT2D eigenvalue weighted by Crippen LogP contribution is 2.45. The Kier molecular flexibility index (Phi) is 4.00. The molecule has 3 rings (SSSR count). The zero-order chi connectivity index (χ0) is 14.9. The van der Waals surface area contributed by atoms with Crippen molar-refractivity contribution in [2.45, 2.75) is 45.3 Å². The van der Waals surface area contributed by atoms with E-state index in [0.717, 1.165) is 36.9 Å². The Morgan fingerprint density at radius 1 is 1.24 bits per heavy atom. The number of rotatable bonds is 4. The van der Waals surface area contributed by atoms with Crippen molar-refractivity contribution in [1.82, 2.24) is 0 Å². The van der Waals surface area contributed by atoms with Gasteiger partial charge in [-0.3, -0.25) is 4.79 Å². The number of ether oxygens (including phenoxy) is 2. The van der Waals surface area contributed by atoms with E-state index in [1.807, 2.05) is 13.0 Å². The van der Waals surface area contributed by atoms with Gasteiger partial charge in [-0.15, -0.1) is 0 Å². The van der Waals surface area contributed by atoms with Crippen LogP contribution in [0.4, 0.5) is 5.69 Å². The zero-order valence-corrected chi connectivity index (χ0v) is 12.9. The van der Waals surface area contributed by atoms with Crippen molar-refractivity contribution in [1.29, 1.82) is 0 Å². The normalized spacial score (nSPS) is 20.1. The van der Waals surface area contributed by atoms with E-state index in [-0.39, 0.29) is 5.91 Å². The second-order valence-electron chi connectivity index (χ2n) is 5.67. The van der Waals surface area contributed by atoms with Crippen molar-refractivity contribution in [3.63, 3.8) is 0 Å². The number of hydrogen-bond donors (Lipinski definition) is 0. The SMILES string of the molecule is CCCCc1ccc2c(c1)C1(OCCCO1)C(=O)N2CC. The van der Waals surface area contributed by atoms with Crippen LogP contribution in [0, 0.1) is 0 Å². The highest BCUT2D eigenvalue weighted by atomic mass is 16.7. The van der Waals surface area contributed by atoms with Gasteiger partial charge in [-0.2, -0.15) is 0 Å². The summed E-state index contributed by atoms with van der Waals surface area (Å²) < 4.78 is 11.7. The van der Waals surface area contributed by atoms with Crippen molar-refractivity contribution in [2.75, 3.05) is 24.7 Å². The van der Waals surface area contributed by atoms with Crippen LogP contribution in [0.3, 0.4) is 0 Å². The molecule has 1 amide bonds. The molecule has 0 radical (unpaired) electrons. The third kappa shape index (κ3) is 2.27. The summed E-state index contributed by atoms with van der Waals surface area (Å²) in [6.45, 7) is 5.94. The minimum atomic E-state index is -1.19. The maximum atomic E-state index is 12.8. The zero-order valence-electron chi connectivity index (χ0n) is 12.9. The van der Waals surface area contributed by atoms with E-state index >= 15 is 0 Å². The van der Waals surface area contributed by atoms with Gasteiger partial charge in [0.1, 0.15) is 0 Å². The fraction of sp³-hybridized carbons (Fsp3) is 0.588. The molecular formula is C17H23NO3. The van der Waals surface area contributed by atoms with Crippen LogP contribution in [0.1, 0.15) is 44.2 Å². The molecule has 1 spiro atoms. The molecule has 2 heterocycles. The lowest BCUT2D eigenvalue weighted by Gasteiger charge is -2.32. The van der Waals surface area contributed by atoms with E-state index in [9.17, 15) is 4.79 Å². The van der Waals surface area contributed by atoms with Gasteiger partial charge in [0.05, 0.1) is 18.9 Å². The maximum absolute atomic E-state index is 12.8. The van der Waals surface area contributed by atoms with Crippen molar-refractivity contribution in [3.8, 4) is 0 Å². The molecule has 0 unspecified atom stereocenters. The first-order chi connectivity index (χ1) is 10.2. The minimum absolute atomic E-state index is 0.0765. The van der Waals surface area contributed by atoms with Crippen LogP contribution >= 0.6 is 0 Å². The summed E-state index contributed by atoms with van der Waals surface area (Å²) in [6, 6.07) is 6.26. The molecule has 114 valence electrons. The molecule has 0 saturated carbocycles. The third-order valence-corrected chi connectivity index (χ3v) is 4.27. The van der Waals surface area contributed by atoms with Crippen LogP contribution < -0.4 is 4.90 Å². The molecule has 0 aromatic heterocycles. The van der Waals surface area contributed by atoms with Crippen LogP contribution in [0.2, 0.25) is 0 Å². The lowest BCUT2D eigenvalue weighted by molar-refractivity contribution is -0.256. The Balaban J connectivity index is 2.03. The summed E-state index contributed by atoms with van der Waals surface area (Å²) in [4.78, 5) is 14.5. The third-order valence-electron chi connectivity index (χ3n) is 4.27. The smallest absolute Gasteiger partial charge is 0.292 e. The molecule has 4 nitrogen and oxygen atoms in total. The standard InChI is InChI=1S/C17H23NO3/c1-3-5-7-13-8-9-15-14(12-13)17(16(19)18(15)4-2)20-10-6-11-21-17/h8-9,12H,3-7,10-11H2,1-2H3. The number of amides is 1. The van der Waals surface area contributed by atoms with Gasteiger partial charge in [0, 0.05) is 12.1 Å². The number of likely N-dealkylation sites (N-methyl/N-ethyl adjacent to an activating group) is 1. The highest BCUT2D eigenvalue weighted by molar-refractivity contribution is 6.06. The van der Waals surface area contributed by atoms with Gasteiger partial charge < -0.3 is 14.4 Å². The number of nitrogens with zero attached hydrogens (tertiary/aromatic N) is 1. The molecule has 1 aromatic carbocycles. The molecule has 0 N–H and O–H groups in total. The number of unbranched alkanes of at least 4 members (excludes halogenated alkanes) is 1. The number of carbonyl (C=O) groups excluding carboxylic acids is 1. The number of aryl methyl sites for hydroxylation is 1. The van der Waals surface area contributed by atoms with Gasteiger partial charge in [-0.25, -0.2) is 0 Å². The molecule has 1 aromatic rings. The van der Waals surface area contributed by atoms with Crippen molar-refractivity contribution < 1.29 is 14.3 Å². The van der Waals surface area contributed by atoms with E-state index < -0.39 is 5.79 Å². The summed E-state index contributed by atoms with van der Waals surface area (Å²) >= 11 is 0. The van der Waals surface area contributed by atoms with Crippen molar-refractivity contribution in [3.05, 3.63) is 29.3 Å².